The van der Waals surface area contributed by atoms with E-state index in [0.29, 0.717) is 11.3 Å². The van der Waals surface area contributed by atoms with Crippen molar-refractivity contribution in [2.45, 2.75) is 0 Å². The smallest absolute Gasteiger partial charge is 0.338 e. The SMILES string of the molecule is Nc1ncnc(-c2cccc3nccn23)c1[N+](=O)[O-]. The fraction of sp³-hybridized carbons (Fsp3) is 0. The maximum absolute atomic E-state index is 11.1. The lowest BCUT2D eigenvalue weighted by Gasteiger charge is -2.06. The van der Waals surface area contributed by atoms with Crippen LogP contribution < -0.4 is 5.73 Å². The van der Waals surface area contributed by atoms with Gasteiger partial charge in [-0.15, -0.1) is 0 Å². The van der Waals surface area contributed by atoms with Gasteiger partial charge in [0, 0.05) is 12.4 Å². The molecule has 3 heterocycles. The molecule has 0 amide bonds. The number of imidazole rings is 1. The van der Waals surface area contributed by atoms with Crippen molar-refractivity contribution in [3.8, 4) is 11.4 Å². The zero-order chi connectivity index (χ0) is 13.4. The van der Waals surface area contributed by atoms with Crippen molar-refractivity contribution >= 4 is 17.2 Å². The number of nitro groups is 1. The molecule has 0 bridgehead atoms. The number of nitrogen functional groups attached to an aromatic ring is 1. The van der Waals surface area contributed by atoms with Crippen LogP contribution in [0, 0.1) is 10.1 Å². The summed E-state index contributed by atoms with van der Waals surface area (Å²) < 4.78 is 1.70. The average Bonchev–Trinajstić information content (AvgIpc) is 2.85. The van der Waals surface area contributed by atoms with Gasteiger partial charge in [0.2, 0.25) is 5.82 Å². The van der Waals surface area contributed by atoms with Crippen molar-refractivity contribution in [3.05, 3.63) is 47.0 Å². The van der Waals surface area contributed by atoms with E-state index in [4.69, 9.17) is 5.73 Å². The van der Waals surface area contributed by atoms with E-state index in [1.807, 2.05) is 0 Å². The van der Waals surface area contributed by atoms with E-state index in [9.17, 15) is 10.1 Å². The molecular weight excluding hydrogens is 248 g/mol. The van der Waals surface area contributed by atoms with Crippen molar-refractivity contribution in [2.75, 3.05) is 5.73 Å². The highest BCUT2D eigenvalue weighted by Crippen LogP contribution is 2.31. The molecule has 8 nitrogen and oxygen atoms in total. The number of nitrogens with zero attached hydrogens (tertiary/aromatic N) is 5. The van der Waals surface area contributed by atoms with E-state index in [-0.39, 0.29) is 17.2 Å². The van der Waals surface area contributed by atoms with Crippen LogP contribution in [0.3, 0.4) is 0 Å². The molecular formula is C11H8N6O2. The van der Waals surface area contributed by atoms with Crippen LogP contribution in [0.5, 0.6) is 0 Å². The molecule has 8 heteroatoms. The lowest BCUT2D eigenvalue weighted by Crippen LogP contribution is -2.04. The van der Waals surface area contributed by atoms with Crippen molar-refractivity contribution in [1.82, 2.24) is 19.4 Å². The average molecular weight is 256 g/mol. The molecule has 0 radical (unpaired) electrons. The Kier molecular flexibility index (Phi) is 2.34. The number of rotatable bonds is 2. The van der Waals surface area contributed by atoms with Gasteiger partial charge in [0.15, 0.2) is 5.69 Å². The Hall–Kier alpha value is -3.03. The summed E-state index contributed by atoms with van der Waals surface area (Å²) in [6.45, 7) is 0. The number of aromatic nitrogens is 4. The van der Waals surface area contributed by atoms with Crippen LogP contribution in [-0.2, 0) is 0 Å². The molecule has 2 N–H and O–H groups in total. The predicted octanol–water partition coefficient (Wildman–Crippen LogP) is 1.28. The van der Waals surface area contributed by atoms with E-state index in [0.717, 1.165) is 0 Å². The molecule has 3 aromatic rings. The second kappa shape index (κ2) is 4.02. The second-order valence-corrected chi connectivity index (χ2v) is 3.78. The first-order valence-corrected chi connectivity index (χ1v) is 5.36. The van der Waals surface area contributed by atoms with Gasteiger partial charge in [-0.25, -0.2) is 15.0 Å². The Morgan fingerprint density at radius 3 is 2.89 bits per heavy atom. The molecule has 0 saturated carbocycles. The summed E-state index contributed by atoms with van der Waals surface area (Å²) in [6, 6.07) is 5.25. The second-order valence-electron chi connectivity index (χ2n) is 3.78. The Labute approximate surface area is 106 Å². The highest BCUT2D eigenvalue weighted by Gasteiger charge is 2.23. The Bertz CT molecular complexity index is 782. The summed E-state index contributed by atoms with van der Waals surface area (Å²) in [5, 5.41) is 11.1. The van der Waals surface area contributed by atoms with Gasteiger partial charge in [0.05, 0.1) is 10.6 Å². The van der Waals surface area contributed by atoms with Crippen molar-refractivity contribution in [3.63, 3.8) is 0 Å². The standard InChI is InChI=1S/C11H8N6O2/c12-11-10(17(18)19)9(14-6-15-11)7-2-1-3-8-13-4-5-16(7)8/h1-6H,(H2,12,14,15). The molecule has 0 atom stereocenters. The first kappa shape index (κ1) is 11.1. The van der Waals surface area contributed by atoms with Gasteiger partial charge in [-0.2, -0.15) is 0 Å². The summed E-state index contributed by atoms with van der Waals surface area (Å²) in [4.78, 5) is 22.3. The first-order chi connectivity index (χ1) is 9.18. The van der Waals surface area contributed by atoms with E-state index in [1.54, 1.807) is 35.0 Å². The van der Waals surface area contributed by atoms with Gasteiger partial charge in [-0.1, -0.05) is 6.07 Å². The number of nitrogens with two attached hydrogens (primary N) is 1. The first-order valence-electron chi connectivity index (χ1n) is 5.36. The van der Waals surface area contributed by atoms with E-state index >= 15 is 0 Å². The summed E-state index contributed by atoms with van der Waals surface area (Å²) in [6.07, 6.45) is 4.51. The zero-order valence-corrected chi connectivity index (χ0v) is 9.59. The van der Waals surface area contributed by atoms with Gasteiger partial charge in [0.1, 0.15) is 12.0 Å². The lowest BCUT2D eigenvalue weighted by molar-refractivity contribution is -0.383. The van der Waals surface area contributed by atoms with Crippen molar-refractivity contribution < 1.29 is 4.92 Å². The fourth-order valence-corrected chi connectivity index (χ4v) is 1.90. The van der Waals surface area contributed by atoms with Crippen LogP contribution in [0.15, 0.2) is 36.9 Å². The van der Waals surface area contributed by atoms with Crippen LogP contribution in [-0.4, -0.2) is 24.3 Å². The maximum Gasteiger partial charge on any atom is 0.338 e. The summed E-state index contributed by atoms with van der Waals surface area (Å²) in [5.74, 6) is -0.160. The van der Waals surface area contributed by atoms with Crippen LogP contribution >= 0.6 is 0 Å². The van der Waals surface area contributed by atoms with Crippen LogP contribution in [0.4, 0.5) is 11.5 Å². The number of anilines is 1. The summed E-state index contributed by atoms with van der Waals surface area (Å²) >= 11 is 0. The van der Waals surface area contributed by atoms with Gasteiger partial charge in [-0.05, 0) is 12.1 Å². The topological polar surface area (TPSA) is 112 Å². The molecule has 0 aliphatic rings. The molecule has 0 fully saturated rings. The Morgan fingerprint density at radius 1 is 1.26 bits per heavy atom. The van der Waals surface area contributed by atoms with Crippen molar-refractivity contribution in [2.24, 2.45) is 0 Å². The van der Waals surface area contributed by atoms with Crippen LogP contribution in [0.25, 0.3) is 17.0 Å². The predicted molar refractivity (Wildman–Crippen MR) is 67.3 cm³/mol. The van der Waals surface area contributed by atoms with Crippen LogP contribution in [0.2, 0.25) is 0 Å². The summed E-state index contributed by atoms with van der Waals surface area (Å²) in [7, 11) is 0. The minimum atomic E-state index is -0.583. The molecule has 19 heavy (non-hydrogen) atoms. The fourth-order valence-electron chi connectivity index (χ4n) is 1.90. The third-order valence-electron chi connectivity index (χ3n) is 2.70. The monoisotopic (exact) mass is 256 g/mol. The van der Waals surface area contributed by atoms with Crippen molar-refractivity contribution in [1.29, 1.82) is 0 Å². The number of fused-ring (bicyclic) bond motifs is 1. The Balaban J connectivity index is 2.36. The third-order valence-corrected chi connectivity index (χ3v) is 2.70. The highest BCUT2D eigenvalue weighted by molar-refractivity contribution is 5.74. The maximum atomic E-state index is 11.1. The molecule has 94 valence electrons. The molecule has 3 aromatic heterocycles. The quantitative estimate of drug-likeness (QED) is 0.546. The molecule has 0 aromatic carbocycles. The number of pyridine rings is 1. The van der Waals surface area contributed by atoms with Gasteiger partial charge >= 0.3 is 5.69 Å². The Morgan fingerprint density at radius 2 is 2.11 bits per heavy atom. The van der Waals surface area contributed by atoms with E-state index in [1.165, 1.54) is 6.33 Å². The summed E-state index contributed by atoms with van der Waals surface area (Å²) in [5.41, 5.74) is 6.64. The molecule has 0 saturated heterocycles. The van der Waals surface area contributed by atoms with Crippen LogP contribution in [0.1, 0.15) is 0 Å². The molecule has 0 aliphatic heterocycles. The largest absolute Gasteiger partial charge is 0.378 e. The third kappa shape index (κ3) is 1.66. The molecule has 0 aliphatic carbocycles. The minimum Gasteiger partial charge on any atom is -0.378 e. The zero-order valence-electron chi connectivity index (χ0n) is 9.59. The van der Waals surface area contributed by atoms with Gasteiger partial charge < -0.3 is 5.73 Å². The highest BCUT2D eigenvalue weighted by atomic mass is 16.6. The minimum absolute atomic E-state index is 0.160. The van der Waals surface area contributed by atoms with E-state index in [2.05, 4.69) is 15.0 Å². The lowest BCUT2D eigenvalue weighted by atomic mass is 10.2. The molecule has 0 spiro atoms. The molecule has 3 rings (SSSR count). The van der Waals surface area contributed by atoms with Gasteiger partial charge in [-0.3, -0.25) is 14.5 Å². The van der Waals surface area contributed by atoms with E-state index < -0.39 is 4.92 Å². The number of hydrogen-bond donors (Lipinski definition) is 1. The van der Waals surface area contributed by atoms with Gasteiger partial charge in [0.25, 0.3) is 0 Å². The molecule has 0 unspecified atom stereocenters. The number of hydrogen-bond acceptors (Lipinski definition) is 6. The normalized spacial score (nSPS) is 10.7.